The zero-order valence-electron chi connectivity index (χ0n) is 11.4. The SMILES string of the molecule is COc1ccc(C(=O)Cn2c(Cl)nc3ccccc32)cc1. The minimum absolute atomic E-state index is 0.0253. The standard InChI is InChI=1S/C16H13ClN2O2/c1-21-12-8-6-11(7-9-12)15(20)10-19-14-5-3-2-4-13(14)18-16(19)17/h2-9H,10H2,1H3. The number of nitrogens with zero attached hydrogens (tertiary/aromatic N) is 2. The van der Waals surface area contributed by atoms with Crippen LogP contribution in [-0.4, -0.2) is 22.4 Å². The van der Waals surface area contributed by atoms with Gasteiger partial charge in [0.25, 0.3) is 0 Å². The molecule has 106 valence electrons. The average Bonchev–Trinajstić information content (AvgIpc) is 2.83. The molecule has 0 aliphatic rings. The van der Waals surface area contributed by atoms with E-state index in [1.807, 2.05) is 24.3 Å². The number of halogens is 1. The predicted molar refractivity (Wildman–Crippen MR) is 82.1 cm³/mol. The van der Waals surface area contributed by atoms with E-state index in [1.165, 1.54) is 0 Å². The van der Waals surface area contributed by atoms with Crippen molar-refractivity contribution in [3.05, 3.63) is 59.4 Å². The van der Waals surface area contributed by atoms with Gasteiger partial charge in [-0.1, -0.05) is 12.1 Å². The number of carbonyl (C=O) groups is 1. The largest absolute Gasteiger partial charge is 0.497 e. The Morgan fingerprint density at radius 1 is 1.19 bits per heavy atom. The van der Waals surface area contributed by atoms with Gasteiger partial charge in [0.05, 0.1) is 24.7 Å². The smallest absolute Gasteiger partial charge is 0.204 e. The van der Waals surface area contributed by atoms with Crippen molar-refractivity contribution in [1.29, 1.82) is 0 Å². The first-order valence-electron chi connectivity index (χ1n) is 6.47. The molecule has 0 amide bonds. The van der Waals surface area contributed by atoms with Crippen LogP contribution in [0.4, 0.5) is 0 Å². The van der Waals surface area contributed by atoms with Gasteiger partial charge in [-0.05, 0) is 48.0 Å². The van der Waals surface area contributed by atoms with Gasteiger partial charge in [-0.2, -0.15) is 0 Å². The lowest BCUT2D eigenvalue weighted by Gasteiger charge is -2.06. The van der Waals surface area contributed by atoms with E-state index in [0.717, 1.165) is 16.8 Å². The number of benzene rings is 2. The van der Waals surface area contributed by atoms with Crippen LogP contribution in [0.1, 0.15) is 10.4 Å². The maximum absolute atomic E-state index is 12.4. The highest BCUT2D eigenvalue weighted by Crippen LogP contribution is 2.20. The number of ketones is 1. The molecule has 0 bridgehead atoms. The number of Topliss-reactive ketones (excluding diaryl/α,β-unsaturated/α-hetero) is 1. The van der Waals surface area contributed by atoms with E-state index in [9.17, 15) is 4.79 Å². The number of para-hydroxylation sites is 2. The van der Waals surface area contributed by atoms with E-state index in [-0.39, 0.29) is 12.3 Å². The zero-order chi connectivity index (χ0) is 14.8. The van der Waals surface area contributed by atoms with Crippen molar-refractivity contribution >= 4 is 28.4 Å². The van der Waals surface area contributed by atoms with Gasteiger partial charge < -0.3 is 9.30 Å². The van der Waals surface area contributed by atoms with Crippen LogP contribution in [0.5, 0.6) is 5.75 Å². The van der Waals surface area contributed by atoms with Crippen molar-refractivity contribution in [3.63, 3.8) is 0 Å². The van der Waals surface area contributed by atoms with Crippen LogP contribution in [0.3, 0.4) is 0 Å². The summed E-state index contributed by atoms with van der Waals surface area (Å²) in [4.78, 5) is 16.6. The van der Waals surface area contributed by atoms with E-state index >= 15 is 0 Å². The molecule has 0 radical (unpaired) electrons. The molecule has 5 heteroatoms. The molecule has 0 aliphatic carbocycles. The molecule has 0 fully saturated rings. The molecule has 3 aromatic rings. The van der Waals surface area contributed by atoms with Crippen molar-refractivity contribution in [2.75, 3.05) is 7.11 Å². The Kier molecular flexibility index (Phi) is 3.62. The summed E-state index contributed by atoms with van der Waals surface area (Å²) in [7, 11) is 1.59. The first-order valence-corrected chi connectivity index (χ1v) is 6.85. The number of ether oxygens (including phenoxy) is 1. The molecular weight excluding hydrogens is 288 g/mol. The van der Waals surface area contributed by atoms with Crippen molar-refractivity contribution in [3.8, 4) is 5.75 Å². The molecule has 0 saturated carbocycles. The molecule has 2 aromatic carbocycles. The molecule has 0 aliphatic heterocycles. The zero-order valence-corrected chi connectivity index (χ0v) is 12.2. The van der Waals surface area contributed by atoms with Crippen molar-refractivity contribution in [2.24, 2.45) is 0 Å². The van der Waals surface area contributed by atoms with E-state index < -0.39 is 0 Å². The van der Waals surface area contributed by atoms with Crippen LogP contribution in [0.25, 0.3) is 11.0 Å². The topological polar surface area (TPSA) is 44.1 Å². The summed E-state index contributed by atoms with van der Waals surface area (Å²) < 4.78 is 6.80. The molecule has 1 heterocycles. The second kappa shape index (κ2) is 5.58. The van der Waals surface area contributed by atoms with Crippen molar-refractivity contribution in [1.82, 2.24) is 9.55 Å². The fourth-order valence-corrected chi connectivity index (χ4v) is 2.45. The Balaban J connectivity index is 1.90. The van der Waals surface area contributed by atoms with E-state index in [1.54, 1.807) is 35.9 Å². The molecule has 0 spiro atoms. The fraction of sp³-hybridized carbons (Fsp3) is 0.125. The number of imidazole rings is 1. The minimum Gasteiger partial charge on any atom is -0.497 e. The average molecular weight is 301 g/mol. The maximum Gasteiger partial charge on any atom is 0.204 e. The van der Waals surface area contributed by atoms with Crippen LogP contribution in [0.2, 0.25) is 5.28 Å². The lowest BCUT2D eigenvalue weighted by atomic mass is 10.1. The number of carbonyl (C=O) groups excluding carboxylic acids is 1. The third-order valence-corrected chi connectivity index (χ3v) is 3.61. The Bertz CT molecular complexity index is 794. The Morgan fingerprint density at radius 2 is 1.90 bits per heavy atom. The summed E-state index contributed by atoms with van der Waals surface area (Å²) in [6.07, 6.45) is 0. The van der Waals surface area contributed by atoms with E-state index in [4.69, 9.17) is 16.3 Å². The molecule has 4 nitrogen and oxygen atoms in total. The van der Waals surface area contributed by atoms with Gasteiger partial charge in [-0.15, -0.1) is 0 Å². The van der Waals surface area contributed by atoms with Crippen LogP contribution in [0.15, 0.2) is 48.5 Å². The molecule has 0 atom stereocenters. The van der Waals surface area contributed by atoms with Crippen LogP contribution in [-0.2, 0) is 6.54 Å². The molecule has 21 heavy (non-hydrogen) atoms. The number of fused-ring (bicyclic) bond motifs is 1. The first-order chi connectivity index (χ1) is 10.2. The minimum atomic E-state index is -0.0253. The molecule has 1 aromatic heterocycles. The fourth-order valence-electron chi connectivity index (χ4n) is 2.21. The summed E-state index contributed by atoms with van der Waals surface area (Å²) in [6, 6.07) is 14.6. The normalized spacial score (nSPS) is 10.8. The highest BCUT2D eigenvalue weighted by molar-refractivity contribution is 6.29. The third-order valence-electron chi connectivity index (χ3n) is 3.32. The summed E-state index contributed by atoms with van der Waals surface area (Å²) >= 11 is 6.13. The summed E-state index contributed by atoms with van der Waals surface area (Å²) in [6.45, 7) is 0.158. The quantitative estimate of drug-likeness (QED) is 0.692. The van der Waals surface area contributed by atoms with Crippen LogP contribution in [0, 0.1) is 0 Å². The highest BCUT2D eigenvalue weighted by atomic mass is 35.5. The summed E-state index contributed by atoms with van der Waals surface area (Å²) in [5.41, 5.74) is 2.25. The number of methoxy groups -OCH3 is 1. The maximum atomic E-state index is 12.4. The van der Waals surface area contributed by atoms with E-state index in [0.29, 0.717) is 10.8 Å². The number of hydrogen-bond donors (Lipinski definition) is 0. The van der Waals surface area contributed by atoms with E-state index in [2.05, 4.69) is 4.98 Å². The first kappa shape index (κ1) is 13.6. The highest BCUT2D eigenvalue weighted by Gasteiger charge is 2.13. The summed E-state index contributed by atoms with van der Waals surface area (Å²) in [5, 5.41) is 0.318. The molecule has 0 N–H and O–H groups in total. The lowest BCUT2D eigenvalue weighted by Crippen LogP contribution is -2.10. The van der Waals surface area contributed by atoms with Gasteiger partial charge in [-0.25, -0.2) is 4.98 Å². The number of rotatable bonds is 4. The van der Waals surface area contributed by atoms with Crippen molar-refractivity contribution in [2.45, 2.75) is 6.54 Å². The van der Waals surface area contributed by atoms with Gasteiger partial charge in [-0.3, -0.25) is 4.79 Å². The van der Waals surface area contributed by atoms with Gasteiger partial charge in [0, 0.05) is 5.56 Å². The third kappa shape index (κ3) is 2.62. The Morgan fingerprint density at radius 3 is 2.62 bits per heavy atom. The second-order valence-electron chi connectivity index (χ2n) is 4.61. The number of hydrogen-bond acceptors (Lipinski definition) is 3. The summed E-state index contributed by atoms with van der Waals surface area (Å²) in [5.74, 6) is 0.695. The Labute approximate surface area is 126 Å². The predicted octanol–water partition coefficient (Wildman–Crippen LogP) is 3.58. The number of aromatic nitrogens is 2. The van der Waals surface area contributed by atoms with Crippen molar-refractivity contribution < 1.29 is 9.53 Å². The monoisotopic (exact) mass is 300 g/mol. The van der Waals surface area contributed by atoms with Gasteiger partial charge in [0.15, 0.2) is 5.78 Å². The van der Waals surface area contributed by atoms with Gasteiger partial charge >= 0.3 is 0 Å². The second-order valence-corrected chi connectivity index (χ2v) is 4.95. The van der Waals surface area contributed by atoms with Crippen LogP contribution >= 0.6 is 11.6 Å². The molecule has 0 unspecified atom stereocenters. The molecule has 3 rings (SSSR count). The molecule has 0 saturated heterocycles. The van der Waals surface area contributed by atoms with Gasteiger partial charge in [0.1, 0.15) is 5.75 Å². The molecular formula is C16H13ClN2O2. The van der Waals surface area contributed by atoms with Crippen LogP contribution < -0.4 is 4.74 Å². The van der Waals surface area contributed by atoms with Gasteiger partial charge in [0.2, 0.25) is 5.28 Å². The Hall–Kier alpha value is -2.33. The lowest BCUT2D eigenvalue weighted by molar-refractivity contribution is 0.0973.